The number of nitrogens with one attached hydrogen (secondary N) is 2. The lowest BCUT2D eigenvalue weighted by atomic mass is 10.1. The van der Waals surface area contributed by atoms with E-state index in [2.05, 4.69) is 17.2 Å². The van der Waals surface area contributed by atoms with E-state index in [9.17, 15) is 14.4 Å². The SMILES string of the molecule is C=C[C@@H]1C[C@]1(NC(=O)[C@@H]1C[C@@H](OC(=O)c2ccc(N)cc2)CN1)C(=O)OCC. The van der Waals surface area contributed by atoms with Crippen LogP contribution in [0.4, 0.5) is 5.69 Å². The molecule has 0 aromatic heterocycles. The van der Waals surface area contributed by atoms with Crippen molar-refractivity contribution in [1.29, 1.82) is 0 Å². The molecule has 1 amide bonds. The first-order valence-corrected chi connectivity index (χ1v) is 9.31. The van der Waals surface area contributed by atoms with Crippen LogP contribution in [0.25, 0.3) is 0 Å². The van der Waals surface area contributed by atoms with Crippen LogP contribution < -0.4 is 16.4 Å². The van der Waals surface area contributed by atoms with Crippen molar-refractivity contribution in [1.82, 2.24) is 10.6 Å². The van der Waals surface area contributed by atoms with Gasteiger partial charge in [-0.1, -0.05) is 6.08 Å². The maximum Gasteiger partial charge on any atom is 0.338 e. The summed E-state index contributed by atoms with van der Waals surface area (Å²) in [5.41, 5.74) is 5.54. The molecule has 150 valence electrons. The van der Waals surface area contributed by atoms with E-state index in [1.807, 2.05) is 0 Å². The maximum atomic E-state index is 12.6. The molecule has 0 radical (unpaired) electrons. The van der Waals surface area contributed by atoms with Gasteiger partial charge in [0, 0.05) is 24.6 Å². The number of hydrogen-bond donors (Lipinski definition) is 3. The fraction of sp³-hybridized carbons (Fsp3) is 0.450. The first-order valence-electron chi connectivity index (χ1n) is 9.31. The van der Waals surface area contributed by atoms with E-state index in [0.29, 0.717) is 30.6 Å². The van der Waals surface area contributed by atoms with E-state index in [1.165, 1.54) is 0 Å². The number of amides is 1. The van der Waals surface area contributed by atoms with E-state index >= 15 is 0 Å². The minimum absolute atomic E-state index is 0.143. The van der Waals surface area contributed by atoms with Gasteiger partial charge in [0.25, 0.3) is 0 Å². The predicted molar refractivity (Wildman–Crippen MR) is 102 cm³/mol. The van der Waals surface area contributed by atoms with Gasteiger partial charge in [-0.15, -0.1) is 6.58 Å². The summed E-state index contributed by atoms with van der Waals surface area (Å²) in [6.45, 7) is 6.02. The van der Waals surface area contributed by atoms with Crippen LogP contribution in [0.5, 0.6) is 0 Å². The molecule has 1 aromatic rings. The van der Waals surface area contributed by atoms with Gasteiger partial charge in [-0.3, -0.25) is 4.79 Å². The molecule has 0 spiro atoms. The molecule has 1 aliphatic heterocycles. The maximum absolute atomic E-state index is 12.6. The summed E-state index contributed by atoms with van der Waals surface area (Å²) in [7, 11) is 0. The van der Waals surface area contributed by atoms with Gasteiger partial charge in [-0.2, -0.15) is 0 Å². The molecule has 1 aliphatic carbocycles. The lowest BCUT2D eigenvalue weighted by molar-refractivity contribution is -0.149. The highest BCUT2D eigenvalue weighted by atomic mass is 16.5. The molecule has 0 unspecified atom stereocenters. The Kier molecular flexibility index (Phi) is 5.69. The zero-order valence-corrected chi connectivity index (χ0v) is 15.8. The molecule has 0 bridgehead atoms. The highest BCUT2D eigenvalue weighted by Gasteiger charge is 2.61. The Morgan fingerprint density at radius 3 is 2.68 bits per heavy atom. The van der Waals surface area contributed by atoms with Crippen molar-refractivity contribution in [3.05, 3.63) is 42.5 Å². The van der Waals surface area contributed by atoms with Crippen molar-refractivity contribution in [2.45, 2.75) is 37.5 Å². The van der Waals surface area contributed by atoms with Gasteiger partial charge in [0.2, 0.25) is 5.91 Å². The molecule has 2 aliphatic rings. The molecule has 28 heavy (non-hydrogen) atoms. The standard InChI is InChI=1S/C20H25N3O5/c1-3-13-10-20(13,19(26)27-4-2)23-17(24)16-9-15(11-22-16)28-18(25)12-5-7-14(21)8-6-12/h3,5-8,13,15-16,22H,1,4,9-11,21H2,2H3,(H,23,24)/t13-,15-,16+,20-/m1/s1. The Hall–Kier alpha value is -2.87. The van der Waals surface area contributed by atoms with Gasteiger partial charge in [-0.25, -0.2) is 9.59 Å². The third-order valence-electron chi connectivity index (χ3n) is 5.11. The summed E-state index contributed by atoms with van der Waals surface area (Å²) in [6, 6.07) is 5.88. The highest BCUT2D eigenvalue weighted by molar-refractivity contribution is 5.94. The molecule has 8 heteroatoms. The summed E-state index contributed by atoms with van der Waals surface area (Å²) in [5, 5.41) is 5.84. The van der Waals surface area contributed by atoms with Crippen molar-refractivity contribution in [2.24, 2.45) is 5.92 Å². The van der Waals surface area contributed by atoms with Crippen LogP contribution in [0.2, 0.25) is 0 Å². The summed E-state index contributed by atoms with van der Waals surface area (Å²) in [5.74, 6) is -1.37. The Morgan fingerprint density at radius 1 is 1.36 bits per heavy atom. The fourth-order valence-corrected chi connectivity index (χ4v) is 3.40. The lowest BCUT2D eigenvalue weighted by Gasteiger charge is -2.20. The van der Waals surface area contributed by atoms with Gasteiger partial charge in [0.1, 0.15) is 11.6 Å². The van der Waals surface area contributed by atoms with E-state index in [0.717, 1.165) is 0 Å². The molecule has 4 N–H and O–H groups in total. The first-order chi connectivity index (χ1) is 13.4. The molecule has 8 nitrogen and oxygen atoms in total. The van der Waals surface area contributed by atoms with Gasteiger partial charge in [0.15, 0.2) is 0 Å². The monoisotopic (exact) mass is 387 g/mol. The largest absolute Gasteiger partial charge is 0.464 e. The smallest absolute Gasteiger partial charge is 0.338 e. The lowest BCUT2D eigenvalue weighted by Crippen LogP contribution is -2.51. The number of hydrogen-bond acceptors (Lipinski definition) is 7. The zero-order chi connectivity index (χ0) is 20.3. The van der Waals surface area contributed by atoms with Crippen LogP contribution in [0.1, 0.15) is 30.1 Å². The molecule has 1 heterocycles. The Balaban J connectivity index is 1.55. The number of nitrogen functional groups attached to an aromatic ring is 1. The number of esters is 2. The fourth-order valence-electron chi connectivity index (χ4n) is 3.40. The Bertz CT molecular complexity index is 779. The third kappa shape index (κ3) is 4.01. The van der Waals surface area contributed by atoms with E-state index in [4.69, 9.17) is 15.2 Å². The molecule has 2 fully saturated rings. The van der Waals surface area contributed by atoms with Crippen LogP contribution in [0.15, 0.2) is 36.9 Å². The highest BCUT2D eigenvalue weighted by Crippen LogP contribution is 2.45. The van der Waals surface area contributed by atoms with Crippen LogP contribution in [-0.2, 0) is 19.1 Å². The number of ether oxygens (including phenoxy) is 2. The van der Waals surface area contributed by atoms with Gasteiger partial charge in [-0.05, 0) is 37.6 Å². The minimum Gasteiger partial charge on any atom is -0.464 e. The number of nitrogens with two attached hydrogens (primary N) is 1. The molecule has 4 atom stereocenters. The van der Waals surface area contributed by atoms with Crippen LogP contribution in [0, 0.1) is 5.92 Å². The summed E-state index contributed by atoms with van der Waals surface area (Å²) < 4.78 is 10.6. The Morgan fingerprint density at radius 2 is 2.07 bits per heavy atom. The van der Waals surface area contributed by atoms with Crippen LogP contribution in [0.3, 0.4) is 0 Å². The normalized spacial score (nSPS) is 28.2. The molecular weight excluding hydrogens is 362 g/mol. The number of carbonyl (C=O) groups is 3. The molecule has 1 saturated heterocycles. The topological polar surface area (TPSA) is 120 Å². The van der Waals surface area contributed by atoms with Crippen LogP contribution >= 0.6 is 0 Å². The summed E-state index contributed by atoms with van der Waals surface area (Å²) >= 11 is 0. The van der Waals surface area contributed by atoms with Crippen molar-refractivity contribution < 1.29 is 23.9 Å². The molecule has 1 aromatic carbocycles. The second kappa shape index (κ2) is 8.02. The number of benzene rings is 1. The number of rotatable bonds is 7. The molecule has 1 saturated carbocycles. The quantitative estimate of drug-likeness (QED) is 0.359. The average molecular weight is 387 g/mol. The average Bonchev–Trinajstić information content (AvgIpc) is 3.19. The number of carbonyl (C=O) groups excluding carboxylic acids is 3. The van der Waals surface area contributed by atoms with E-state index in [1.54, 1.807) is 37.3 Å². The minimum atomic E-state index is -1.03. The zero-order valence-electron chi connectivity index (χ0n) is 15.8. The van der Waals surface area contributed by atoms with Crippen molar-refractivity contribution in [3.8, 4) is 0 Å². The van der Waals surface area contributed by atoms with Crippen molar-refractivity contribution >= 4 is 23.5 Å². The predicted octanol–water partition coefficient (Wildman–Crippen LogP) is 0.780. The second-order valence-corrected chi connectivity index (χ2v) is 7.07. The Labute approximate surface area is 163 Å². The number of anilines is 1. The van der Waals surface area contributed by atoms with Gasteiger partial charge < -0.3 is 25.8 Å². The summed E-state index contributed by atoms with van der Waals surface area (Å²) in [4.78, 5) is 37.1. The van der Waals surface area contributed by atoms with Crippen molar-refractivity contribution in [2.75, 3.05) is 18.9 Å². The third-order valence-corrected chi connectivity index (χ3v) is 5.11. The van der Waals surface area contributed by atoms with Gasteiger partial charge in [0.05, 0.1) is 18.2 Å². The molecule has 3 rings (SSSR count). The second-order valence-electron chi connectivity index (χ2n) is 7.07. The summed E-state index contributed by atoms with van der Waals surface area (Å²) in [6.07, 6.45) is 2.01. The first kappa shape index (κ1) is 19.9. The van der Waals surface area contributed by atoms with Crippen molar-refractivity contribution in [3.63, 3.8) is 0 Å². The molecular formula is C20H25N3O5. The van der Waals surface area contributed by atoms with Gasteiger partial charge >= 0.3 is 11.9 Å². The van der Waals surface area contributed by atoms with E-state index < -0.39 is 29.6 Å². The van der Waals surface area contributed by atoms with E-state index in [-0.39, 0.29) is 18.4 Å². The van der Waals surface area contributed by atoms with Crippen LogP contribution in [-0.4, -0.2) is 48.7 Å².